The van der Waals surface area contributed by atoms with E-state index >= 15 is 0 Å². The molecule has 1 atom stereocenters. The van der Waals surface area contributed by atoms with Gasteiger partial charge in [-0.05, 0) is 12.1 Å². The van der Waals surface area contributed by atoms with Crippen LogP contribution in [-0.2, 0) is 9.53 Å². The summed E-state index contributed by atoms with van der Waals surface area (Å²) < 4.78 is 10.5. The number of aliphatic hydroxyl groups excluding tert-OH is 1. The van der Waals surface area contributed by atoms with Crippen molar-refractivity contribution in [2.75, 3.05) is 36.5 Å². The van der Waals surface area contributed by atoms with Crippen molar-refractivity contribution in [2.24, 2.45) is 5.73 Å². The maximum Gasteiger partial charge on any atom is 0.416 e. The predicted molar refractivity (Wildman–Crippen MR) is 75.7 cm³/mol. The number of hydrogen-bond donors (Lipinski definition) is 3. The minimum atomic E-state index is -0.927. The number of aliphatic hydroxyl groups is 1. The van der Waals surface area contributed by atoms with Crippen LogP contribution < -0.4 is 20.7 Å². The standard InChI is InChI=1S/C13H16N4O5/c14-6-13(3-4-18)7-17(12(20)22-13)9-2-1-8-11(15-9)16-10(19)5-21-8/h1-2,18H,3-7,14H2,(H,15,16,19). The summed E-state index contributed by atoms with van der Waals surface area (Å²) in [5.41, 5.74) is 4.75. The number of rotatable bonds is 4. The number of amides is 2. The third-order valence-electron chi connectivity index (χ3n) is 3.65. The summed E-state index contributed by atoms with van der Waals surface area (Å²) in [4.78, 5) is 28.9. The van der Waals surface area contributed by atoms with E-state index < -0.39 is 11.7 Å². The van der Waals surface area contributed by atoms with Gasteiger partial charge in [0.1, 0.15) is 11.4 Å². The highest BCUT2D eigenvalue weighted by Gasteiger charge is 2.45. The van der Waals surface area contributed by atoms with Crippen molar-refractivity contribution < 1.29 is 24.2 Å². The van der Waals surface area contributed by atoms with Gasteiger partial charge in [-0.3, -0.25) is 9.69 Å². The van der Waals surface area contributed by atoms with E-state index in [1.165, 1.54) is 4.90 Å². The zero-order chi connectivity index (χ0) is 15.7. The average Bonchev–Trinajstić information content (AvgIpc) is 2.84. The molecule has 4 N–H and O–H groups in total. The molecule has 1 fully saturated rings. The first kappa shape index (κ1) is 14.5. The van der Waals surface area contributed by atoms with Crippen LogP contribution in [0.4, 0.5) is 16.4 Å². The maximum atomic E-state index is 12.1. The number of nitrogens with two attached hydrogens (primary N) is 1. The first-order chi connectivity index (χ1) is 10.6. The summed E-state index contributed by atoms with van der Waals surface area (Å²) in [5, 5.41) is 11.7. The molecule has 0 radical (unpaired) electrons. The highest BCUT2D eigenvalue weighted by Crippen LogP contribution is 2.33. The molecule has 0 spiro atoms. The molecule has 1 saturated heterocycles. The van der Waals surface area contributed by atoms with Crippen LogP contribution in [0.2, 0.25) is 0 Å². The van der Waals surface area contributed by atoms with Gasteiger partial charge < -0.3 is 25.6 Å². The zero-order valence-electron chi connectivity index (χ0n) is 11.7. The smallest absolute Gasteiger partial charge is 0.416 e. The third-order valence-corrected chi connectivity index (χ3v) is 3.65. The zero-order valence-corrected chi connectivity index (χ0v) is 11.7. The molecule has 9 nitrogen and oxygen atoms in total. The molecule has 0 aromatic carbocycles. The average molecular weight is 308 g/mol. The van der Waals surface area contributed by atoms with Crippen molar-refractivity contribution in [3.05, 3.63) is 12.1 Å². The van der Waals surface area contributed by atoms with E-state index in [9.17, 15) is 9.59 Å². The Morgan fingerprint density at radius 3 is 3.00 bits per heavy atom. The molecule has 0 aliphatic carbocycles. The highest BCUT2D eigenvalue weighted by molar-refractivity contribution is 5.95. The van der Waals surface area contributed by atoms with Crippen LogP contribution >= 0.6 is 0 Å². The SMILES string of the molecule is NCC1(CCO)CN(c2ccc3c(n2)NC(=O)CO3)C(=O)O1. The number of nitrogens with zero attached hydrogens (tertiary/aromatic N) is 2. The normalized spacial score (nSPS) is 23.6. The van der Waals surface area contributed by atoms with Crippen LogP contribution in [0.3, 0.4) is 0 Å². The molecule has 3 heterocycles. The van der Waals surface area contributed by atoms with Crippen molar-refractivity contribution >= 4 is 23.6 Å². The van der Waals surface area contributed by atoms with E-state index in [0.717, 1.165) is 0 Å². The van der Waals surface area contributed by atoms with Crippen LogP contribution in [-0.4, -0.2) is 54.0 Å². The van der Waals surface area contributed by atoms with Crippen LogP contribution in [0, 0.1) is 0 Å². The van der Waals surface area contributed by atoms with Crippen LogP contribution in [0.1, 0.15) is 6.42 Å². The number of ether oxygens (including phenoxy) is 2. The van der Waals surface area contributed by atoms with Crippen LogP contribution in [0.25, 0.3) is 0 Å². The lowest BCUT2D eigenvalue weighted by atomic mass is 10.0. The van der Waals surface area contributed by atoms with E-state index in [-0.39, 0.29) is 44.4 Å². The quantitative estimate of drug-likeness (QED) is 0.681. The minimum Gasteiger partial charge on any atom is -0.480 e. The number of nitrogens with one attached hydrogen (secondary N) is 1. The molecular formula is C13H16N4O5. The Labute approximate surface area is 126 Å². The number of hydrogen-bond acceptors (Lipinski definition) is 7. The third kappa shape index (κ3) is 2.44. The highest BCUT2D eigenvalue weighted by atomic mass is 16.6. The summed E-state index contributed by atoms with van der Waals surface area (Å²) in [6.45, 7) is 0.0798. The van der Waals surface area contributed by atoms with Gasteiger partial charge in [-0.25, -0.2) is 9.78 Å². The second kappa shape index (κ2) is 5.43. The van der Waals surface area contributed by atoms with Crippen molar-refractivity contribution in [2.45, 2.75) is 12.0 Å². The fraction of sp³-hybridized carbons (Fsp3) is 0.462. The van der Waals surface area contributed by atoms with Gasteiger partial charge in [-0.2, -0.15) is 0 Å². The first-order valence-corrected chi connectivity index (χ1v) is 6.82. The summed E-state index contributed by atoms with van der Waals surface area (Å²) in [6.07, 6.45) is -0.342. The fourth-order valence-electron chi connectivity index (χ4n) is 2.45. The van der Waals surface area contributed by atoms with Crippen molar-refractivity contribution in [3.63, 3.8) is 0 Å². The Morgan fingerprint density at radius 2 is 2.27 bits per heavy atom. The number of aromatic nitrogens is 1. The summed E-state index contributed by atoms with van der Waals surface area (Å²) in [7, 11) is 0. The number of fused-ring (bicyclic) bond motifs is 1. The maximum absolute atomic E-state index is 12.1. The predicted octanol–water partition coefficient (Wildman–Crippen LogP) is -0.551. The Hall–Kier alpha value is -2.39. The summed E-state index contributed by atoms with van der Waals surface area (Å²) in [6, 6.07) is 3.22. The van der Waals surface area contributed by atoms with Gasteiger partial charge in [0.15, 0.2) is 18.2 Å². The lowest BCUT2D eigenvalue weighted by Crippen LogP contribution is -2.43. The molecule has 118 valence electrons. The van der Waals surface area contributed by atoms with Crippen LogP contribution in [0.5, 0.6) is 5.75 Å². The second-order valence-corrected chi connectivity index (χ2v) is 5.17. The Bertz CT molecular complexity index is 622. The number of cyclic esters (lactones) is 1. The molecule has 0 saturated carbocycles. The van der Waals surface area contributed by atoms with Gasteiger partial charge in [0, 0.05) is 19.6 Å². The molecular weight excluding hydrogens is 292 g/mol. The minimum absolute atomic E-state index is 0.0629. The van der Waals surface area contributed by atoms with Gasteiger partial charge in [-0.15, -0.1) is 0 Å². The largest absolute Gasteiger partial charge is 0.480 e. The Morgan fingerprint density at radius 1 is 1.45 bits per heavy atom. The lowest BCUT2D eigenvalue weighted by molar-refractivity contribution is -0.118. The van der Waals surface area contributed by atoms with E-state index in [1.54, 1.807) is 12.1 Å². The number of carbonyl (C=O) groups is 2. The molecule has 3 rings (SSSR count). The van der Waals surface area contributed by atoms with E-state index in [0.29, 0.717) is 11.6 Å². The molecule has 2 aliphatic rings. The van der Waals surface area contributed by atoms with Gasteiger partial charge >= 0.3 is 6.09 Å². The molecule has 22 heavy (non-hydrogen) atoms. The topological polar surface area (TPSA) is 127 Å². The molecule has 1 aromatic rings. The van der Waals surface area contributed by atoms with Crippen molar-refractivity contribution in [1.29, 1.82) is 0 Å². The Balaban J connectivity index is 1.87. The first-order valence-electron chi connectivity index (χ1n) is 6.82. The van der Waals surface area contributed by atoms with Crippen LogP contribution in [0.15, 0.2) is 12.1 Å². The second-order valence-electron chi connectivity index (χ2n) is 5.17. The fourth-order valence-corrected chi connectivity index (χ4v) is 2.45. The lowest BCUT2D eigenvalue weighted by Gasteiger charge is -2.24. The monoisotopic (exact) mass is 308 g/mol. The molecule has 9 heteroatoms. The van der Waals surface area contributed by atoms with E-state index in [4.69, 9.17) is 20.3 Å². The molecule has 1 unspecified atom stereocenters. The van der Waals surface area contributed by atoms with Gasteiger partial charge in [0.05, 0.1) is 6.54 Å². The molecule has 2 aliphatic heterocycles. The van der Waals surface area contributed by atoms with E-state index in [2.05, 4.69) is 10.3 Å². The van der Waals surface area contributed by atoms with Crippen molar-refractivity contribution in [3.8, 4) is 5.75 Å². The van der Waals surface area contributed by atoms with Crippen molar-refractivity contribution in [1.82, 2.24) is 4.98 Å². The van der Waals surface area contributed by atoms with Gasteiger partial charge in [0.2, 0.25) is 0 Å². The molecule has 2 amide bonds. The molecule has 0 bridgehead atoms. The summed E-state index contributed by atoms with van der Waals surface area (Å²) in [5.74, 6) is 0.714. The van der Waals surface area contributed by atoms with Gasteiger partial charge in [0.25, 0.3) is 5.91 Å². The Kier molecular flexibility index (Phi) is 3.59. The number of pyridine rings is 1. The van der Waals surface area contributed by atoms with Gasteiger partial charge in [-0.1, -0.05) is 0 Å². The summed E-state index contributed by atoms with van der Waals surface area (Å²) >= 11 is 0. The number of anilines is 2. The molecule has 1 aromatic heterocycles. The van der Waals surface area contributed by atoms with E-state index in [1.807, 2.05) is 0 Å². The number of carbonyl (C=O) groups excluding carboxylic acids is 2.